The lowest BCUT2D eigenvalue weighted by Crippen LogP contribution is -2.59. The third-order valence-corrected chi connectivity index (χ3v) is 6.96. The number of amides is 2. The number of carboxylic acid groups (broad SMARTS) is 2. The molecule has 1 fully saturated rings. The topological polar surface area (TPSA) is 166 Å². The first kappa shape index (κ1) is 29.9. The Balaban J connectivity index is 2.00. The lowest BCUT2D eigenvalue weighted by atomic mass is 9.99. The van der Waals surface area contributed by atoms with Gasteiger partial charge in [0.15, 0.2) is 0 Å². The molecule has 3 atom stereocenters. The number of carboxylic acids is 2. The highest BCUT2D eigenvalue weighted by atomic mass is 16.6. The van der Waals surface area contributed by atoms with Crippen molar-refractivity contribution >= 4 is 34.8 Å². The fourth-order valence-corrected chi connectivity index (χ4v) is 5.14. The van der Waals surface area contributed by atoms with Gasteiger partial charge in [0.25, 0.3) is 0 Å². The second-order valence-corrected chi connectivity index (χ2v) is 11.0. The standard InChI is InChI=1S/C28H40N4O7/c1-28(2,3)39-27(38)32(21(11-6-7-15-29)24(33)31-16-8-12-22(31)25(34)35)23(26(36)37)14-13-18-17-30-20-10-5-4-9-19(18)20/h4-5,9-10,17,21-23,30H,6-8,11-16,29H2,1-3H3,(H,34,35)(H,36,37)/t21-,22-,23?/m0/s1. The van der Waals surface area contributed by atoms with Crippen LogP contribution in [0.25, 0.3) is 10.9 Å². The third kappa shape index (κ3) is 7.50. The predicted octanol–water partition coefficient (Wildman–Crippen LogP) is 3.36. The first-order valence-corrected chi connectivity index (χ1v) is 13.5. The molecule has 5 N–H and O–H groups in total. The fourth-order valence-electron chi connectivity index (χ4n) is 5.14. The number of nitrogens with one attached hydrogen (secondary N) is 1. The van der Waals surface area contributed by atoms with Gasteiger partial charge in [-0.05, 0) is 83.9 Å². The smallest absolute Gasteiger partial charge is 0.411 e. The number of aryl methyl sites for hydroxylation is 1. The van der Waals surface area contributed by atoms with Crippen LogP contribution in [-0.4, -0.2) is 85.8 Å². The van der Waals surface area contributed by atoms with E-state index >= 15 is 0 Å². The minimum Gasteiger partial charge on any atom is -0.480 e. The molecule has 1 saturated heterocycles. The van der Waals surface area contributed by atoms with Crippen molar-refractivity contribution in [3.63, 3.8) is 0 Å². The maximum Gasteiger partial charge on any atom is 0.411 e. The van der Waals surface area contributed by atoms with Crippen LogP contribution in [0.15, 0.2) is 30.5 Å². The maximum atomic E-state index is 13.9. The Morgan fingerprint density at radius 3 is 2.49 bits per heavy atom. The van der Waals surface area contributed by atoms with Crippen molar-refractivity contribution in [2.45, 2.75) is 89.4 Å². The number of nitrogens with zero attached hydrogens (tertiary/aromatic N) is 2. The number of H-pyrrole nitrogens is 1. The van der Waals surface area contributed by atoms with E-state index in [1.54, 1.807) is 20.8 Å². The Bertz CT molecular complexity index is 1170. The molecule has 39 heavy (non-hydrogen) atoms. The molecule has 1 aromatic heterocycles. The van der Waals surface area contributed by atoms with Crippen molar-refractivity contribution in [2.75, 3.05) is 13.1 Å². The number of hydrogen-bond acceptors (Lipinski definition) is 6. The molecule has 11 nitrogen and oxygen atoms in total. The van der Waals surface area contributed by atoms with Crippen molar-refractivity contribution in [1.29, 1.82) is 0 Å². The van der Waals surface area contributed by atoms with E-state index in [4.69, 9.17) is 10.5 Å². The maximum absolute atomic E-state index is 13.9. The normalized spacial score (nSPS) is 17.1. The molecule has 2 heterocycles. The number of rotatable bonds is 12. The van der Waals surface area contributed by atoms with Gasteiger partial charge in [0.1, 0.15) is 23.7 Å². The van der Waals surface area contributed by atoms with Crippen molar-refractivity contribution in [3.05, 3.63) is 36.0 Å². The van der Waals surface area contributed by atoms with Crippen LogP contribution in [0.3, 0.4) is 0 Å². The molecule has 1 aromatic carbocycles. The van der Waals surface area contributed by atoms with Crippen LogP contribution in [0.5, 0.6) is 0 Å². The van der Waals surface area contributed by atoms with Crippen molar-refractivity contribution in [3.8, 4) is 0 Å². The highest BCUT2D eigenvalue weighted by molar-refractivity contribution is 5.91. The largest absolute Gasteiger partial charge is 0.480 e. The Morgan fingerprint density at radius 2 is 1.85 bits per heavy atom. The van der Waals surface area contributed by atoms with E-state index in [-0.39, 0.29) is 19.4 Å². The van der Waals surface area contributed by atoms with Crippen molar-refractivity contribution < 1.29 is 34.1 Å². The number of carbonyl (C=O) groups excluding carboxylic acids is 2. The Hall–Kier alpha value is -3.60. The van der Waals surface area contributed by atoms with E-state index < -0.39 is 47.7 Å². The monoisotopic (exact) mass is 544 g/mol. The van der Waals surface area contributed by atoms with Crippen molar-refractivity contribution in [1.82, 2.24) is 14.8 Å². The predicted molar refractivity (Wildman–Crippen MR) is 145 cm³/mol. The number of nitrogens with two attached hydrogens (primary N) is 1. The molecule has 1 aliphatic rings. The number of aromatic nitrogens is 1. The molecule has 214 valence electrons. The number of benzene rings is 1. The zero-order valence-corrected chi connectivity index (χ0v) is 22.9. The van der Waals surface area contributed by atoms with Gasteiger partial charge in [0.2, 0.25) is 5.91 Å². The van der Waals surface area contributed by atoms with E-state index in [2.05, 4.69) is 4.98 Å². The first-order chi connectivity index (χ1) is 18.4. The van der Waals surface area contributed by atoms with E-state index in [9.17, 15) is 29.4 Å². The molecule has 0 spiro atoms. The van der Waals surface area contributed by atoms with Gasteiger partial charge in [0.05, 0.1) is 0 Å². The van der Waals surface area contributed by atoms with E-state index in [0.717, 1.165) is 21.4 Å². The summed E-state index contributed by atoms with van der Waals surface area (Å²) in [6.07, 6.45) is 3.19. The van der Waals surface area contributed by atoms with Crippen LogP contribution in [0.1, 0.15) is 64.9 Å². The van der Waals surface area contributed by atoms with Crippen LogP contribution in [0.4, 0.5) is 4.79 Å². The van der Waals surface area contributed by atoms with Gasteiger partial charge in [-0.15, -0.1) is 0 Å². The summed E-state index contributed by atoms with van der Waals surface area (Å²) in [4.78, 5) is 57.5. The van der Waals surface area contributed by atoms with Crippen LogP contribution in [0.2, 0.25) is 0 Å². The van der Waals surface area contributed by atoms with E-state index in [1.165, 1.54) is 4.90 Å². The summed E-state index contributed by atoms with van der Waals surface area (Å²) in [5.41, 5.74) is 6.52. The average molecular weight is 545 g/mol. The van der Waals surface area contributed by atoms with Gasteiger partial charge in [-0.3, -0.25) is 9.69 Å². The first-order valence-electron chi connectivity index (χ1n) is 13.5. The minimum atomic E-state index is -1.38. The number of likely N-dealkylation sites (tertiary alicyclic amines) is 1. The van der Waals surface area contributed by atoms with Gasteiger partial charge in [-0.2, -0.15) is 0 Å². The summed E-state index contributed by atoms with van der Waals surface area (Å²) in [6, 6.07) is 4.02. The number of ether oxygens (including phenoxy) is 1. The Morgan fingerprint density at radius 1 is 1.13 bits per heavy atom. The van der Waals surface area contributed by atoms with Gasteiger partial charge in [-0.25, -0.2) is 14.4 Å². The molecule has 0 radical (unpaired) electrons. The molecule has 3 rings (SSSR count). The Labute approximate surface area is 228 Å². The summed E-state index contributed by atoms with van der Waals surface area (Å²) >= 11 is 0. The number of hydrogen-bond donors (Lipinski definition) is 4. The van der Waals surface area contributed by atoms with Crippen molar-refractivity contribution in [2.24, 2.45) is 5.73 Å². The van der Waals surface area contributed by atoms with Crippen LogP contribution >= 0.6 is 0 Å². The quantitative estimate of drug-likeness (QED) is 0.295. The summed E-state index contributed by atoms with van der Waals surface area (Å²) in [5.74, 6) is -2.98. The number of aliphatic carboxylic acids is 2. The lowest BCUT2D eigenvalue weighted by molar-refractivity contribution is -0.153. The number of para-hydroxylation sites is 1. The summed E-state index contributed by atoms with van der Waals surface area (Å²) in [7, 11) is 0. The molecular formula is C28H40N4O7. The van der Waals surface area contributed by atoms with Crippen LogP contribution in [-0.2, 0) is 25.5 Å². The number of unbranched alkanes of at least 4 members (excludes halogenated alkanes) is 1. The molecule has 0 bridgehead atoms. The molecular weight excluding hydrogens is 504 g/mol. The van der Waals surface area contributed by atoms with Gasteiger partial charge in [0, 0.05) is 23.6 Å². The third-order valence-electron chi connectivity index (χ3n) is 6.96. The number of fused-ring (bicyclic) bond motifs is 1. The fraction of sp³-hybridized carbons (Fsp3) is 0.571. The molecule has 0 aliphatic carbocycles. The molecule has 1 unspecified atom stereocenters. The summed E-state index contributed by atoms with van der Waals surface area (Å²) in [6.45, 7) is 5.57. The van der Waals surface area contributed by atoms with Gasteiger partial charge >= 0.3 is 18.0 Å². The summed E-state index contributed by atoms with van der Waals surface area (Å²) < 4.78 is 5.62. The second kappa shape index (κ2) is 13.0. The molecule has 2 aromatic rings. The SMILES string of the molecule is CC(C)(C)OC(=O)N(C(CCc1c[nH]c2ccccc12)C(=O)O)[C@@H](CCCCN)C(=O)N1CCC[C@H]1C(=O)O. The molecule has 2 amide bonds. The lowest BCUT2D eigenvalue weighted by Gasteiger charge is -2.38. The minimum absolute atomic E-state index is 0.0272. The molecule has 11 heteroatoms. The Kier molecular flexibility index (Phi) is 9.96. The zero-order valence-electron chi connectivity index (χ0n) is 22.9. The van der Waals surface area contributed by atoms with E-state index in [0.29, 0.717) is 38.6 Å². The summed E-state index contributed by atoms with van der Waals surface area (Å²) in [5, 5.41) is 21.0. The zero-order chi connectivity index (χ0) is 28.7. The van der Waals surface area contributed by atoms with E-state index in [1.807, 2.05) is 30.5 Å². The van der Waals surface area contributed by atoms with Gasteiger partial charge in [-0.1, -0.05) is 18.2 Å². The van der Waals surface area contributed by atoms with Crippen LogP contribution in [0, 0.1) is 0 Å². The molecule has 1 aliphatic heterocycles. The number of aromatic amines is 1. The molecule has 0 saturated carbocycles. The average Bonchev–Trinajstić information content (AvgIpc) is 3.51. The highest BCUT2D eigenvalue weighted by Gasteiger charge is 2.45. The van der Waals surface area contributed by atoms with Gasteiger partial charge < -0.3 is 30.6 Å². The highest BCUT2D eigenvalue weighted by Crippen LogP contribution is 2.27. The van der Waals surface area contributed by atoms with Crippen LogP contribution < -0.4 is 5.73 Å². The number of carbonyl (C=O) groups is 4. The second-order valence-electron chi connectivity index (χ2n) is 11.0.